The van der Waals surface area contributed by atoms with Gasteiger partial charge in [-0.1, -0.05) is 6.92 Å². The van der Waals surface area contributed by atoms with Crippen molar-refractivity contribution in [3.05, 3.63) is 12.4 Å². The summed E-state index contributed by atoms with van der Waals surface area (Å²) < 4.78 is 7.62. The van der Waals surface area contributed by atoms with E-state index >= 15 is 0 Å². The molecule has 0 radical (unpaired) electrons. The number of ether oxygens (including phenoxy) is 1. The Kier molecular flexibility index (Phi) is 5.79. The van der Waals surface area contributed by atoms with Gasteiger partial charge >= 0.3 is 6.03 Å². The van der Waals surface area contributed by atoms with E-state index in [-0.39, 0.29) is 18.2 Å². The van der Waals surface area contributed by atoms with Crippen LogP contribution in [0.1, 0.15) is 20.3 Å². The molecule has 0 saturated carbocycles. The molecule has 2 heterocycles. The smallest absolute Gasteiger partial charge is 0.322 e. The summed E-state index contributed by atoms with van der Waals surface area (Å²) in [5.41, 5.74) is 0.732. The van der Waals surface area contributed by atoms with Gasteiger partial charge in [-0.25, -0.2) is 4.79 Å². The number of carbonyl (C=O) groups is 1. The molecule has 124 valence electrons. The largest absolute Gasteiger partial charge is 0.372 e. The maximum absolute atomic E-state index is 12.4. The van der Waals surface area contributed by atoms with E-state index in [1.54, 1.807) is 6.20 Å². The predicted molar refractivity (Wildman–Crippen MR) is 86.0 cm³/mol. The summed E-state index contributed by atoms with van der Waals surface area (Å²) in [5.74, 6) is 0. The van der Waals surface area contributed by atoms with E-state index in [0.29, 0.717) is 13.1 Å². The van der Waals surface area contributed by atoms with Gasteiger partial charge in [0.2, 0.25) is 0 Å². The number of anilines is 1. The first-order chi connectivity index (χ1) is 10.5. The van der Waals surface area contributed by atoms with Crippen LogP contribution in [-0.4, -0.2) is 71.5 Å². The maximum Gasteiger partial charge on any atom is 0.322 e. The predicted octanol–water partition coefficient (Wildman–Crippen LogP) is 1.48. The van der Waals surface area contributed by atoms with E-state index in [1.807, 2.05) is 36.8 Å². The van der Waals surface area contributed by atoms with Crippen molar-refractivity contribution in [2.75, 3.05) is 39.0 Å². The van der Waals surface area contributed by atoms with Crippen molar-refractivity contribution < 1.29 is 9.53 Å². The van der Waals surface area contributed by atoms with Crippen LogP contribution >= 0.6 is 0 Å². The minimum atomic E-state index is -0.0826. The average molecular weight is 309 g/mol. The Hall–Kier alpha value is -1.60. The van der Waals surface area contributed by atoms with Gasteiger partial charge in [-0.15, -0.1) is 0 Å². The zero-order valence-electron chi connectivity index (χ0n) is 14.0. The molecule has 2 amide bonds. The second-order valence-electron chi connectivity index (χ2n) is 6.11. The highest BCUT2D eigenvalue weighted by molar-refractivity contribution is 5.89. The molecular formula is C15H27N5O2. The number of aromatic nitrogens is 2. The summed E-state index contributed by atoms with van der Waals surface area (Å²) in [5, 5.41) is 7.18. The lowest BCUT2D eigenvalue weighted by Gasteiger charge is -2.36. The summed E-state index contributed by atoms with van der Waals surface area (Å²) in [4.78, 5) is 16.3. The Balaban J connectivity index is 1.88. The number of carbonyl (C=O) groups excluding carboxylic acids is 1. The average Bonchev–Trinajstić information content (AvgIpc) is 2.92. The van der Waals surface area contributed by atoms with E-state index in [2.05, 4.69) is 22.2 Å². The van der Waals surface area contributed by atoms with Crippen molar-refractivity contribution in [3.8, 4) is 0 Å². The van der Waals surface area contributed by atoms with Crippen LogP contribution in [0, 0.1) is 0 Å². The molecule has 0 aliphatic carbocycles. The van der Waals surface area contributed by atoms with Crippen LogP contribution < -0.4 is 5.32 Å². The molecule has 0 aromatic carbocycles. The standard InChI is InChI=1S/C15H27N5O2/c1-5-14-11-19(9-12(2)22-14)15(21)17-13-8-16-20(10-13)7-6-18(3)4/h8,10,12,14H,5-7,9,11H2,1-4H3,(H,17,21). The number of urea groups is 1. The molecule has 2 rings (SSSR count). The highest BCUT2D eigenvalue weighted by Gasteiger charge is 2.27. The van der Waals surface area contributed by atoms with Gasteiger partial charge in [-0.05, 0) is 27.4 Å². The first-order valence-corrected chi connectivity index (χ1v) is 7.86. The molecule has 22 heavy (non-hydrogen) atoms. The second kappa shape index (κ2) is 7.60. The van der Waals surface area contributed by atoms with Gasteiger partial charge in [0.1, 0.15) is 0 Å². The Morgan fingerprint density at radius 1 is 1.50 bits per heavy atom. The topological polar surface area (TPSA) is 62.6 Å². The second-order valence-corrected chi connectivity index (χ2v) is 6.11. The third kappa shape index (κ3) is 4.71. The number of amides is 2. The van der Waals surface area contributed by atoms with E-state index in [9.17, 15) is 4.79 Å². The number of nitrogens with one attached hydrogen (secondary N) is 1. The first-order valence-electron chi connectivity index (χ1n) is 7.86. The Labute approximate surface area is 132 Å². The molecule has 7 heteroatoms. The van der Waals surface area contributed by atoms with Crippen molar-refractivity contribution in [3.63, 3.8) is 0 Å². The molecule has 0 bridgehead atoms. The molecule has 1 fully saturated rings. The van der Waals surface area contributed by atoms with E-state index in [0.717, 1.165) is 25.2 Å². The lowest BCUT2D eigenvalue weighted by molar-refractivity contribution is -0.0632. The van der Waals surface area contributed by atoms with E-state index in [4.69, 9.17) is 4.74 Å². The lowest BCUT2D eigenvalue weighted by atomic mass is 10.2. The van der Waals surface area contributed by atoms with Crippen molar-refractivity contribution in [1.82, 2.24) is 19.6 Å². The van der Waals surface area contributed by atoms with E-state index in [1.165, 1.54) is 0 Å². The van der Waals surface area contributed by atoms with Crippen LogP contribution in [0.4, 0.5) is 10.5 Å². The Bertz CT molecular complexity index is 488. The molecule has 2 unspecified atom stereocenters. The van der Waals surface area contributed by atoms with Gasteiger partial charge in [-0.3, -0.25) is 4.68 Å². The summed E-state index contributed by atoms with van der Waals surface area (Å²) in [6.07, 6.45) is 4.66. The molecule has 1 aliphatic heterocycles. The minimum Gasteiger partial charge on any atom is -0.372 e. The molecule has 0 spiro atoms. The van der Waals surface area contributed by atoms with Crippen LogP contribution in [0.15, 0.2) is 12.4 Å². The highest BCUT2D eigenvalue weighted by atomic mass is 16.5. The van der Waals surface area contributed by atoms with Gasteiger partial charge < -0.3 is 19.9 Å². The summed E-state index contributed by atoms with van der Waals surface area (Å²) in [7, 11) is 4.05. The number of nitrogens with zero attached hydrogens (tertiary/aromatic N) is 4. The van der Waals surface area contributed by atoms with Crippen molar-refractivity contribution in [2.24, 2.45) is 0 Å². The maximum atomic E-state index is 12.4. The fraction of sp³-hybridized carbons (Fsp3) is 0.733. The van der Waals surface area contributed by atoms with Crippen molar-refractivity contribution in [1.29, 1.82) is 0 Å². The lowest BCUT2D eigenvalue weighted by Crippen LogP contribution is -2.50. The SMILES string of the molecule is CCC1CN(C(=O)Nc2cnn(CCN(C)C)c2)CC(C)O1. The summed E-state index contributed by atoms with van der Waals surface area (Å²) in [6, 6.07) is -0.0826. The summed E-state index contributed by atoms with van der Waals surface area (Å²) in [6.45, 7) is 7.05. The number of hydrogen-bond donors (Lipinski definition) is 1. The molecule has 1 saturated heterocycles. The zero-order valence-corrected chi connectivity index (χ0v) is 14.0. The van der Waals surface area contributed by atoms with Crippen LogP contribution in [0.5, 0.6) is 0 Å². The fourth-order valence-corrected chi connectivity index (χ4v) is 2.49. The Morgan fingerprint density at radius 3 is 2.95 bits per heavy atom. The third-order valence-corrected chi connectivity index (χ3v) is 3.73. The minimum absolute atomic E-state index is 0.0762. The zero-order chi connectivity index (χ0) is 16.1. The number of likely N-dealkylation sites (N-methyl/N-ethyl adjacent to an activating group) is 1. The fourth-order valence-electron chi connectivity index (χ4n) is 2.49. The first kappa shape index (κ1) is 16.8. The van der Waals surface area contributed by atoms with Gasteiger partial charge in [0.05, 0.1) is 30.6 Å². The van der Waals surface area contributed by atoms with Crippen LogP contribution in [0.3, 0.4) is 0 Å². The van der Waals surface area contributed by atoms with E-state index < -0.39 is 0 Å². The van der Waals surface area contributed by atoms with Gasteiger partial charge in [0.15, 0.2) is 0 Å². The van der Waals surface area contributed by atoms with Crippen LogP contribution in [-0.2, 0) is 11.3 Å². The molecule has 1 aliphatic rings. The normalized spacial score (nSPS) is 22.1. The number of rotatable bonds is 5. The number of hydrogen-bond acceptors (Lipinski definition) is 4. The molecular weight excluding hydrogens is 282 g/mol. The molecule has 1 aromatic rings. The van der Waals surface area contributed by atoms with Crippen LogP contribution in [0.25, 0.3) is 0 Å². The molecule has 1 aromatic heterocycles. The Morgan fingerprint density at radius 2 is 2.27 bits per heavy atom. The number of morpholine rings is 1. The van der Waals surface area contributed by atoms with Gasteiger partial charge in [0.25, 0.3) is 0 Å². The van der Waals surface area contributed by atoms with Crippen molar-refractivity contribution in [2.45, 2.75) is 39.0 Å². The van der Waals surface area contributed by atoms with Gasteiger partial charge in [-0.2, -0.15) is 5.10 Å². The molecule has 7 nitrogen and oxygen atoms in total. The summed E-state index contributed by atoms with van der Waals surface area (Å²) >= 11 is 0. The van der Waals surface area contributed by atoms with Crippen LogP contribution in [0.2, 0.25) is 0 Å². The van der Waals surface area contributed by atoms with Crippen molar-refractivity contribution >= 4 is 11.7 Å². The molecule has 2 atom stereocenters. The third-order valence-electron chi connectivity index (χ3n) is 3.73. The van der Waals surface area contributed by atoms with Gasteiger partial charge in [0, 0.05) is 25.8 Å². The quantitative estimate of drug-likeness (QED) is 0.895. The highest BCUT2D eigenvalue weighted by Crippen LogP contribution is 2.15. The monoisotopic (exact) mass is 309 g/mol. The molecule has 1 N–H and O–H groups in total.